The molecule has 84 valence electrons. The van der Waals surface area contributed by atoms with Crippen LogP contribution in [0.5, 0.6) is 11.6 Å². The SMILES string of the molecule is CNCc1cccc(Oc2cnn(C)c2)n1. The van der Waals surface area contributed by atoms with E-state index >= 15 is 0 Å². The molecule has 0 radical (unpaired) electrons. The molecule has 5 heteroatoms. The van der Waals surface area contributed by atoms with Crippen LogP contribution < -0.4 is 10.1 Å². The zero-order chi connectivity index (χ0) is 11.4. The first-order valence-corrected chi connectivity index (χ1v) is 5.05. The molecule has 0 bridgehead atoms. The Kier molecular flexibility index (Phi) is 3.16. The first-order chi connectivity index (χ1) is 7.78. The Morgan fingerprint density at radius 1 is 1.44 bits per heavy atom. The molecule has 0 spiro atoms. The molecule has 1 N–H and O–H groups in total. The number of ether oxygens (including phenoxy) is 1. The predicted octanol–water partition coefficient (Wildman–Crippen LogP) is 1.33. The fourth-order valence-corrected chi connectivity index (χ4v) is 1.37. The number of pyridine rings is 1. The third kappa shape index (κ3) is 2.58. The quantitative estimate of drug-likeness (QED) is 0.841. The maximum atomic E-state index is 5.56. The van der Waals surface area contributed by atoms with Crippen LogP contribution in [0.1, 0.15) is 5.69 Å². The number of hydrogen-bond donors (Lipinski definition) is 1. The van der Waals surface area contributed by atoms with E-state index in [2.05, 4.69) is 15.4 Å². The summed E-state index contributed by atoms with van der Waals surface area (Å²) < 4.78 is 7.25. The number of hydrogen-bond acceptors (Lipinski definition) is 4. The maximum Gasteiger partial charge on any atom is 0.219 e. The Morgan fingerprint density at radius 3 is 3.00 bits per heavy atom. The van der Waals surface area contributed by atoms with E-state index in [9.17, 15) is 0 Å². The van der Waals surface area contributed by atoms with Crippen LogP contribution in [-0.4, -0.2) is 21.8 Å². The minimum Gasteiger partial charge on any atom is -0.436 e. The van der Waals surface area contributed by atoms with E-state index in [0.29, 0.717) is 11.6 Å². The van der Waals surface area contributed by atoms with E-state index in [1.54, 1.807) is 17.1 Å². The lowest BCUT2D eigenvalue weighted by molar-refractivity contribution is 0.459. The Bertz CT molecular complexity index is 467. The van der Waals surface area contributed by atoms with Crippen LogP contribution >= 0.6 is 0 Å². The van der Waals surface area contributed by atoms with E-state index in [0.717, 1.165) is 12.2 Å². The third-order valence-corrected chi connectivity index (χ3v) is 2.04. The zero-order valence-corrected chi connectivity index (χ0v) is 9.34. The van der Waals surface area contributed by atoms with Crippen molar-refractivity contribution in [3.63, 3.8) is 0 Å². The van der Waals surface area contributed by atoms with Crippen molar-refractivity contribution in [1.82, 2.24) is 20.1 Å². The monoisotopic (exact) mass is 218 g/mol. The molecule has 0 saturated carbocycles. The molecule has 2 rings (SSSR count). The summed E-state index contributed by atoms with van der Waals surface area (Å²) in [5.41, 5.74) is 0.948. The average Bonchev–Trinajstić information content (AvgIpc) is 2.65. The first kappa shape index (κ1) is 10.6. The van der Waals surface area contributed by atoms with Gasteiger partial charge in [0.15, 0.2) is 5.75 Å². The maximum absolute atomic E-state index is 5.56. The molecule has 0 fully saturated rings. The summed E-state index contributed by atoms with van der Waals surface area (Å²) in [6.07, 6.45) is 3.46. The molecule has 2 aromatic rings. The zero-order valence-electron chi connectivity index (χ0n) is 9.34. The minimum atomic E-state index is 0.584. The van der Waals surface area contributed by atoms with Crippen molar-refractivity contribution in [2.24, 2.45) is 7.05 Å². The van der Waals surface area contributed by atoms with Gasteiger partial charge in [-0.2, -0.15) is 5.10 Å². The summed E-state index contributed by atoms with van der Waals surface area (Å²) in [6, 6.07) is 5.70. The second-order valence-electron chi connectivity index (χ2n) is 3.45. The van der Waals surface area contributed by atoms with E-state index in [4.69, 9.17) is 4.74 Å². The number of nitrogens with one attached hydrogen (secondary N) is 1. The van der Waals surface area contributed by atoms with Gasteiger partial charge in [-0.15, -0.1) is 0 Å². The Labute approximate surface area is 94.1 Å². The van der Waals surface area contributed by atoms with E-state index in [1.165, 1.54) is 0 Å². The normalized spacial score (nSPS) is 10.4. The Hall–Kier alpha value is -1.88. The van der Waals surface area contributed by atoms with Gasteiger partial charge in [0.25, 0.3) is 0 Å². The van der Waals surface area contributed by atoms with Crippen LogP contribution in [0.4, 0.5) is 0 Å². The van der Waals surface area contributed by atoms with Crippen molar-refractivity contribution >= 4 is 0 Å². The second-order valence-corrected chi connectivity index (χ2v) is 3.45. The van der Waals surface area contributed by atoms with Gasteiger partial charge in [0.1, 0.15) is 0 Å². The molecule has 16 heavy (non-hydrogen) atoms. The summed E-state index contributed by atoms with van der Waals surface area (Å²) in [7, 11) is 3.73. The fraction of sp³-hybridized carbons (Fsp3) is 0.273. The van der Waals surface area contributed by atoms with Gasteiger partial charge in [-0.25, -0.2) is 4.98 Å². The Morgan fingerprint density at radius 2 is 2.31 bits per heavy atom. The smallest absolute Gasteiger partial charge is 0.219 e. The van der Waals surface area contributed by atoms with Gasteiger partial charge in [-0.05, 0) is 13.1 Å². The molecular formula is C11H14N4O. The predicted molar refractivity (Wildman–Crippen MR) is 60.3 cm³/mol. The molecule has 0 aliphatic heterocycles. The molecule has 2 aromatic heterocycles. The molecule has 0 aliphatic rings. The minimum absolute atomic E-state index is 0.584. The standard InChI is InChI=1S/C11H14N4O/c1-12-6-9-4-3-5-11(14-9)16-10-7-13-15(2)8-10/h3-5,7-8,12H,6H2,1-2H3. The molecule has 0 atom stereocenters. The summed E-state index contributed by atoms with van der Waals surface area (Å²) in [6.45, 7) is 0.726. The number of rotatable bonds is 4. The lowest BCUT2D eigenvalue weighted by atomic mass is 10.3. The van der Waals surface area contributed by atoms with Crippen molar-refractivity contribution in [2.75, 3.05) is 7.05 Å². The lowest BCUT2D eigenvalue weighted by Gasteiger charge is -2.03. The molecular weight excluding hydrogens is 204 g/mol. The summed E-state index contributed by atoms with van der Waals surface area (Å²) >= 11 is 0. The van der Waals surface area contributed by atoms with Gasteiger partial charge in [-0.1, -0.05) is 6.07 Å². The van der Waals surface area contributed by atoms with Crippen LogP contribution in [0.2, 0.25) is 0 Å². The van der Waals surface area contributed by atoms with Gasteiger partial charge in [0.2, 0.25) is 5.88 Å². The second kappa shape index (κ2) is 4.76. The van der Waals surface area contributed by atoms with E-state index in [1.807, 2.05) is 32.3 Å². The highest BCUT2D eigenvalue weighted by atomic mass is 16.5. The Balaban J connectivity index is 2.12. The highest BCUT2D eigenvalue weighted by Crippen LogP contribution is 2.17. The van der Waals surface area contributed by atoms with Gasteiger partial charge < -0.3 is 10.1 Å². The summed E-state index contributed by atoms with van der Waals surface area (Å²) in [4.78, 5) is 4.35. The van der Waals surface area contributed by atoms with Crippen LogP contribution in [0.3, 0.4) is 0 Å². The molecule has 5 nitrogen and oxygen atoms in total. The largest absolute Gasteiger partial charge is 0.436 e. The van der Waals surface area contributed by atoms with Gasteiger partial charge >= 0.3 is 0 Å². The highest BCUT2D eigenvalue weighted by molar-refractivity contribution is 5.23. The topological polar surface area (TPSA) is 52.0 Å². The molecule has 0 unspecified atom stereocenters. The molecule has 0 amide bonds. The molecule has 0 saturated heterocycles. The molecule has 2 heterocycles. The third-order valence-electron chi connectivity index (χ3n) is 2.04. The van der Waals surface area contributed by atoms with E-state index in [-0.39, 0.29) is 0 Å². The lowest BCUT2D eigenvalue weighted by Crippen LogP contribution is -2.06. The highest BCUT2D eigenvalue weighted by Gasteiger charge is 2.01. The number of aromatic nitrogens is 3. The van der Waals surface area contributed by atoms with Gasteiger partial charge in [0.05, 0.1) is 18.1 Å². The van der Waals surface area contributed by atoms with E-state index < -0.39 is 0 Å². The number of aryl methyl sites for hydroxylation is 1. The number of nitrogens with zero attached hydrogens (tertiary/aromatic N) is 3. The van der Waals surface area contributed by atoms with Crippen molar-refractivity contribution in [1.29, 1.82) is 0 Å². The fourth-order valence-electron chi connectivity index (χ4n) is 1.37. The van der Waals surface area contributed by atoms with Crippen LogP contribution in [0.15, 0.2) is 30.6 Å². The van der Waals surface area contributed by atoms with Crippen molar-refractivity contribution < 1.29 is 4.74 Å². The van der Waals surface area contributed by atoms with Crippen LogP contribution in [-0.2, 0) is 13.6 Å². The van der Waals surface area contributed by atoms with Crippen molar-refractivity contribution in [3.05, 3.63) is 36.3 Å². The molecule has 0 aromatic carbocycles. The van der Waals surface area contributed by atoms with Crippen LogP contribution in [0, 0.1) is 0 Å². The first-order valence-electron chi connectivity index (χ1n) is 5.05. The molecule has 0 aliphatic carbocycles. The summed E-state index contributed by atoms with van der Waals surface area (Å²) in [5, 5.41) is 7.07. The van der Waals surface area contributed by atoms with Gasteiger partial charge in [-0.3, -0.25) is 4.68 Å². The van der Waals surface area contributed by atoms with Gasteiger partial charge in [0, 0.05) is 19.7 Å². The van der Waals surface area contributed by atoms with Crippen molar-refractivity contribution in [2.45, 2.75) is 6.54 Å². The summed E-state index contributed by atoms with van der Waals surface area (Å²) in [5.74, 6) is 1.28. The van der Waals surface area contributed by atoms with Crippen LogP contribution in [0.25, 0.3) is 0 Å². The average molecular weight is 218 g/mol. The van der Waals surface area contributed by atoms with Crippen molar-refractivity contribution in [3.8, 4) is 11.6 Å².